The summed E-state index contributed by atoms with van der Waals surface area (Å²) in [6, 6.07) is 2.38. The summed E-state index contributed by atoms with van der Waals surface area (Å²) in [5.74, 6) is -0.388. The molecule has 26 heavy (non-hydrogen) atoms. The quantitative estimate of drug-likeness (QED) is 0.460. The summed E-state index contributed by atoms with van der Waals surface area (Å²) in [5.41, 5.74) is 0.0812. The van der Waals surface area contributed by atoms with Gasteiger partial charge in [0.2, 0.25) is 11.8 Å². The number of terminal acetylenes is 1. The van der Waals surface area contributed by atoms with E-state index < -0.39 is 29.5 Å². The minimum atomic E-state index is -0.757. The number of allylic oxidation sites excluding steroid dienone is 2. The van der Waals surface area contributed by atoms with Crippen molar-refractivity contribution in [2.45, 2.75) is 12.8 Å². The van der Waals surface area contributed by atoms with Crippen LogP contribution in [0.3, 0.4) is 0 Å². The molecule has 0 bridgehead atoms. The lowest BCUT2D eigenvalue weighted by Crippen LogP contribution is -2.39. The Labute approximate surface area is 149 Å². The lowest BCUT2D eigenvalue weighted by atomic mass is 9.85. The van der Waals surface area contributed by atoms with Crippen molar-refractivity contribution in [1.82, 2.24) is 0 Å². The number of benzene rings is 1. The van der Waals surface area contributed by atoms with Crippen LogP contribution in [-0.2, 0) is 14.4 Å². The number of carbonyl (C=O) groups excluding carboxylic acids is 3. The number of halogens is 1. The molecule has 1 aromatic rings. The van der Waals surface area contributed by atoms with Gasteiger partial charge in [-0.25, -0.2) is 9.29 Å². The maximum Gasteiger partial charge on any atom is 0.265 e. The Balaban J connectivity index is 1.79. The molecule has 2 aliphatic heterocycles. The van der Waals surface area contributed by atoms with Gasteiger partial charge in [-0.05, 0) is 18.9 Å². The van der Waals surface area contributed by atoms with Crippen LogP contribution in [0.5, 0.6) is 5.75 Å². The number of amides is 3. The van der Waals surface area contributed by atoms with Crippen LogP contribution >= 0.6 is 0 Å². The summed E-state index contributed by atoms with van der Waals surface area (Å²) in [7, 11) is 0. The number of ether oxygens (including phenoxy) is 1. The molecule has 1 saturated heterocycles. The normalized spacial score (nSPS) is 24.2. The maximum atomic E-state index is 14.7. The summed E-state index contributed by atoms with van der Waals surface area (Å²) in [6.45, 7) is -0.262. The molecular formula is C19H15FN2O4. The summed E-state index contributed by atoms with van der Waals surface area (Å²) < 4.78 is 19.9. The highest BCUT2D eigenvalue weighted by molar-refractivity contribution is 6.22. The average molecular weight is 354 g/mol. The van der Waals surface area contributed by atoms with E-state index in [0.29, 0.717) is 12.8 Å². The molecule has 2 heterocycles. The molecule has 1 aliphatic carbocycles. The molecule has 2 atom stereocenters. The summed E-state index contributed by atoms with van der Waals surface area (Å²) >= 11 is 0. The van der Waals surface area contributed by atoms with Crippen LogP contribution < -0.4 is 14.5 Å². The van der Waals surface area contributed by atoms with E-state index in [4.69, 9.17) is 11.2 Å². The lowest BCUT2D eigenvalue weighted by molar-refractivity contribution is -0.123. The van der Waals surface area contributed by atoms with Crippen LogP contribution in [0.15, 0.2) is 24.3 Å². The number of fused-ring (bicyclic) bond motifs is 2. The van der Waals surface area contributed by atoms with Gasteiger partial charge in [-0.15, -0.1) is 6.42 Å². The number of nitrogens with zero attached hydrogens (tertiary/aromatic N) is 2. The van der Waals surface area contributed by atoms with Gasteiger partial charge in [0.1, 0.15) is 5.75 Å². The summed E-state index contributed by atoms with van der Waals surface area (Å²) in [5, 5.41) is 0. The van der Waals surface area contributed by atoms with Crippen LogP contribution in [-0.4, -0.2) is 30.9 Å². The Hall–Kier alpha value is -3.14. The average Bonchev–Trinajstić information content (AvgIpc) is 2.89. The number of hydrogen-bond donors (Lipinski definition) is 0. The first kappa shape index (κ1) is 16.3. The van der Waals surface area contributed by atoms with E-state index in [1.807, 2.05) is 12.2 Å². The fraction of sp³-hybridized carbons (Fsp3) is 0.316. The van der Waals surface area contributed by atoms with Crippen LogP contribution in [0.2, 0.25) is 0 Å². The lowest BCUT2D eigenvalue weighted by Gasteiger charge is -2.29. The molecule has 0 N–H and O–H groups in total. The molecule has 132 valence electrons. The zero-order valence-electron chi connectivity index (χ0n) is 13.8. The van der Waals surface area contributed by atoms with Gasteiger partial charge in [0.15, 0.2) is 12.4 Å². The van der Waals surface area contributed by atoms with Gasteiger partial charge in [-0.3, -0.25) is 19.3 Å². The second kappa shape index (κ2) is 5.99. The molecule has 1 aromatic carbocycles. The van der Waals surface area contributed by atoms with E-state index in [1.54, 1.807) is 0 Å². The van der Waals surface area contributed by atoms with E-state index in [2.05, 4.69) is 5.92 Å². The number of rotatable bonds is 2. The largest absolute Gasteiger partial charge is 0.481 e. The van der Waals surface area contributed by atoms with Gasteiger partial charge < -0.3 is 4.74 Å². The number of carbonyl (C=O) groups is 3. The number of hydrogen-bond acceptors (Lipinski definition) is 4. The van der Waals surface area contributed by atoms with Crippen LogP contribution in [0.25, 0.3) is 0 Å². The first-order chi connectivity index (χ1) is 12.5. The third-order valence-corrected chi connectivity index (χ3v) is 4.97. The van der Waals surface area contributed by atoms with Gasteiger partial charge in [0.25, 0.3) is 5.91 Å². The highest BCUT2D eigenvalue weighted by Crippen LogP contribution is 2.42. The highest BCUT2D eigenvalue weighted by atomic mass is 19.1. The van der Waals surface area contributed by atoms with Crippen molar-refractivity contribution >= 4 is 29.1 Å². The Bertz CT molecular complexity index is 876. The van der Waals surface area contributed by atoms with E-state index in [1.165, 1.54) is 11.0 Å². The van der Waals surface area contributed by atoms with E-state index in [-0.39, 0.29) is 36.2 Å². The van der Waals surface area contributed by atoms with E-state index >= 15 is 0 Å². The standard InChI is InChI=1S/C19H15FN2O4/c1-2-7-21-15-9-14(13(20)8-16(15)26-10-17(21)23)22-18(24)11-5-3-4-6-12(11)19(22)25/h1,3-4,8-9,11-12H,5-7,10H2. The summed E-state index contributed by atoms with van der Waals surface area (Å²) in [6.07, 6.45) is 9.95. The first-order valence-electron chi connectivity index (χ1n) is 8.26. The molecule has 1 fully saturated rings. The molecule has 0 radical (unpaired) electrons. The Morgan fingerprint density at radius 1 is 1.12 bits per heavy atom. The van der Waals surface area contributed by atoms with Crippen molar-refractivity contribution in [3.05, 3.63) is 30.1 Å². The van der Waals surface area contributed by atoms with Gasteiger partial charge in [-0.1, -0.05) is 18.1 Å². The highest BCUT2D eigenvalue weighted by Gasteiger charge is 2.49. The summed E-state index contributed by atoms with van der Waals surface area (Å²) in [4.78, 5) is 39.6. The van der Waals surface area contributed by atoms with Gasteiger partial charge in [0, 0.05) is 6.07 Å². The second-order valence-electron chi connectivity index (χ2n) is 6.41. The molecule has 0 saturated carbocycles. The Morgan fingerprint density at radius 2 is 1.77 bits per heavy atom. The SMILES string of the molecule is C#CCN1C(=O)COc2cc(F)c(N3C(=O)C4CC=CCC4C3=O)cc21. The van der Waals surface area contributed by atoms with Crippen molar-refractivity contribution in [1.29, 1.82) is 0 Å². The fourth-order valence-corrected chi connectivity index (χ4v) is 3.68. The second-order valence-corrected chi connectivity index (χ2v) is 6.41. The predicted octanol–water partition coefficient (Wildman–Crippen LogP) is 1.64. The third kappa shape index (κ3) is 2.30. The minimum absolute atomic E-state index is 0.0165. The molecule has 7 heteroatoms. The monoisotopic (exact) mass is 354 g/mol. The van der Waals surface area contributed by atoms with Gasteiger partial charge in [0.05, 0.1) is 29.8 Å². The fourth-order valence-electron chi connectivity index (χ4n) is 3.68. The zero-order chi connectivity index (χ0) is 18.4. The number of imide groups is 1. The number of anilines is 2. The van der Waals surface area contributed by atoms with Crippen LogP contribution in [0.1, 0.15) is 12.8 Å². The van der Waals surface area contributed by atoms with Crippen molar-refractivity contribution in [3.63, 3.8) is 0 Å². The van der Waals surface area contributed by atoms with Crippen LogP contribution in [0.4, 0.5) is 15.8 Å². The van der Waals surface area contributed by atoms with Crippen molar-refractivity contribution in [2.24, 2.45) is 11.8 Å². The molecule has 2 unspecified atom stereocenters. The third-order valence-electron chi connectivity index (χ3n) is 4.97. The maximum absolute atomic E-state index is 14.7. The van der Waals surface area contributed by atoms with Gasteiger partial charge in [-0.2, -0.15) is 0 Å². The predicted molar refractivity (Wildman–Crippen MR) is 90.9 cm³/mol. The van der Waals surface area contributed by atoms with Crippen molar-refractivity contribution < 1.29 is 23.5 Å². The van der Waals surface area contributed by atoms with Crippen molar-refractivity contribution in [3.8, 4) is 18.1 Å². The van der Waals surface area contributed by atoms with E-state index in [9.17, 15) is 18.8 Å². The van der Waals surface area contributed by atoms with Crippen molar-refractivity contribution in [2.75, 3.05) is 23.0 Å². The van der Waals surface area contributed by atoms with Gasteiger partial charge >= 0.3 is 0 Å². The Morgan fingerprint density at radius 3 is 2.38 bits per heavy atom. The minimum Gasteiger partial charge on any atom is -0.481 e. The molecule has 3 aliphatic rings. The zero-order valence-corrected chi connectivity index (χ0v) is 13.8. The van der Waals surface area contributed by atoms with E-state index in [0.717, 1.165) is 11.0 Å². The topological polar surface area (TPSA) is 66.9 Å². The first-order valence-corrected chi connectivity index (χ1v) is 8.26. The molecule has 6 nitrogen and oxygen atoms in total. The molecule has 4 rings (SSSR count). The molecular weight excluding hydrogens is 339 g/mol. The van der Waals surface area contributed by atoms with Crippen LogP contribution in [0, 0.1) is 30.0 Å². The molecule has 3 amide bonds. The molecule has 0 spiro atoms. The molecule has 0 aromatic heterocycles. The Kier molecular flexibility index (Phi) is 3.76. The smallest absolute Gasteiger partial charge is 0.265 e.